The third-order valence-corrected chi connectivity index (χ3v) is 3.63. The van der Waals surface area contributed by atoms with E-state index >= 15 is 0 Å². The molecular formula is C16H26N2O2. The van der Waals surface area contributed by atoms with Gasteiger partial charge in [0.05, 0.1) is 6.42 Å². The number of nitrogens with zero attached hydrogens (tertiary/aromatic N) is 2. The first-order valence-corrected chi connectivity index (χ1v) is 7.35. The van der Waals surface area contributed by atoms with Gasteiger partial charge < -0.3 is 14.9 Å². The van der Waals surface area contributed by atoms with Crippen LogP contribution in [0.1, 0.15) is 32.8 Å². The lowest BCUT2D eigenvalue weighted by molar-refractivity contribution is -0.136. The number of hydrogen-bond acceptors (Lipinski definition) is 3. The molecule has 0 spiro atoms. The molecule has 0 heterocycles. The predicted molar refractivity (Wildman–Crippen MR) is 84.9 cm³/mol. The van der Waals surface area contributed by atoms with E-state index in [1.165, 1.54) is 11.3 Å². The van der Waals surface area contributed by atoms with Crippen molar-refractivity contribution in [1.82, 2.24) is 0 Å². The topological polar surface area (TPSA) is 43.8 Å². The quantitative estimate of drug-likeness (QED) is 0.793. The average molecular weight is 278 g/mol. The maximum atomic E-state index is 10.7. The second-order valence-electron chi connectivity index (χ2n) is 4.87. The summed E-state index contributed by atoms with van der Waals surface area (Å²) >= 11 is 0. The van der Waals surface area contributed by atoms with Crippen LogP contribution >= 0.6 is 0 Å². The van der Waals surface area contributed by atoms with Crippen LogP contribution in [-0.2, 0) is 4.79 Å². The van der Waals surface area contributed by atoms with Crippen molar-refractivity contribution in [1.29, 1.82) is 0 Å². The van der Waals surface area contributed by atoms with Crippen LogP contribution in [0.3, 0.4) is 0 Å². The van der Waals surface area contributed by atoms with E-state index < -0.39 is 5.97 Å². The normalized spacial score (nSPS) is 10.4. The van der Waals surface area contributed by atoms with Crippen molar-refractivity contribution in [2.45, 2.75) is 34.1 Å². The van der Waals surface area contributed by atoms with Crippen molar-refractivity contribution in [2.75, 3.05) is 36.0 Å². The van der Waals surface area contributed by atoms with Crippen LogP contribution in [0.25, 0.3) is 0 Å². The Morgan fingerprint density at radius 3 is 2.15 bits per heavy atom. The maximum Gasteiger partial charge on any atom is 0.305 e. The van der Waals surface area contributed by atoms with Crippen molar-refractivity contribution in [3.05, 3.63) is 23.8 Å². The standard InChI is InChI=1S/C16H26N2O2/c1-5-17(6-2)14-8-9-15(13(4)12-14)18(7-3)11-10-16(19)20/h8-9,12H,5-7,10-11H2,1-4H3,(H,19,20). The van der Waals surface area contributed by atoms with Crippen molar-refractivity contribution < 1.29 is 9.90 Å². The zero-order chi connectivity index (χ0) is 15.1. The largest absolute Gasteiger partial charge is 0.481 e. The van der Waals surface area contributed by atoms with Crippen molar-refractivity contribution >= 4 is 17.3 Å². The number of anilines is 2. The predicted octanol–water partition coefficient (Wildman–Crippen LogP) is 3.14. The SMILES string of the molecule is CCN(CC)c1ccc(N(CC)CCC(=O)O)c(C)c1. The van der Waals surface area contributed by atoms with Crippen molar-refractivity contribution in [3.63, 3.8) is 0 Å². The summed E-state index contributed by atoms with van der Waals surface area (Å²) in [5, 5.41) is 8.82. The molecule has 4 nitrogen and oxygen atoms in total. The molecule has 0 saturated heterocycles. The van der Waals surface area contributed by atoms with E-state index in [1.54, 1.807) is 0 Å². The van der Waals surface area contributed by atoms with Crippen LogP contribution in [0.4, 0.5) is 11.4 Å². The van der Waals surface area contributed by atoms with Gasteiger partial charge in [0, 0.05) is 37.6 Å². The van der Waals surface area contributed by atoms with Crippen LogP contribution < -0.4 is 9.80 Å². The number of carbonyl (C=O) groups is 1. The molecule has 20 heavy (non-hydrogen) atoms. The van der Waals surface area contributed by atoms with Gasteiger partial charge >= 0.3 is 5.97 Å². The Labute approximate surface area is 122 Å². The van der Waals surface area contributed by atoms with Gasteiger partial charge in [-0.3, -0.25) is 4.79 Å². The molecule has 1 aromatic rings. The van der Waals surface area contributed by atoms with Crippen LogP contribution in [0, 0.1) is 6.92 Å². The van der Waals surface area contributed by atoms with Crippen LogP contribution in [-0.4, -0.2) is 37.3 Å². The minimum absolute atomic E-state index is 0.172. The van der Waals surface area contributed by atoms with E-state index in [0.29, 0.717) is 6.54 Å². The minimum Gasteiger partial charge on any atom is -0.481 e. The Bertz CT molecular complexity index is 442. The molecule has 0 unspecified atom stereocenters. The lowest BCUT2D eigenvalue weighted by Gasteiger charge is -2.27. The van der Waals surface area contributed by atoms with Crippen LogP contribution in [0.5, 0.6) is 0 Å². The molecule has 0 radical (unpaired) electrons. The molecule has 0 aromatic heterocycles. The van der Waals surface area contributed by atoms with Gasteiger partial charge in [0.15, 0.2) is 0 Å². The zero-order valence-electron chi connectivity index (χ0n) is 13.0. The molecule has 1 rings (SSSR count). The Balaban J connectivity index is 2.92. The Morgan fingerprint density at radius 1 is 1.10 bits per heavy atom. The number of hydrogen-bond donors (Lipinski definition) is 1. The lowest BCUT2D eigenvalue weighted by atomic mass is 10.1. The van der Waals surface area contributed by atoms with Gasteiger partial charge in [0.2, 0.25) is 0 Å². The molecular weight excluding hydrogens is 252 g/mol. The first-order valence-electron chi connectivity index (χ1n) is 7.35. The molecule has 0 amide bonds. The summed E-state index contributed by atoms with van der Waals surface area (Å²) in [5.41, 5.74) is 3.55. The summed E-state index contributed by atoms with van der Waals surface area (Å²) in [4.78, 5) is 15.2. The highest BCUT2D eigenvalue weighted by atomic mass is 16.4. The fraction of sp³-hybridized carbons (Fsp3) is 0.562. The molecule has 0 aliphatic heterocycles. The zero-order valence-corrected chi connectivity index (χ0v) is 13.0. The first-order chi connectivity index (χ1) is 9.53. The summed E-state index contributed by atoms with van der Waals surface area (Å²) < 4.78 is 0. The monoisotopic (exact) mass is 278 g/mol. The highest BCUT2D eigenvalue weighted by Crippen LogP contribution is 2.25. The minimum atomic E-state index is -0.749. The van der Waals surface area contributed by atoms with E-state index in [9.17, 15) is 4.79 Å². The third kappa shape index (κ3) is 4.15. The summed E-state index contributed by atoms with van der Waals surface area (Å²) in [6.07, 6.45) is 0.172. The number of carboxylic acid groups (broad SMARTS) is 1. The van der Waals surface area contributed by atoms with Gasteiger partial charge in [0.25, 0.3) is 0 Å². The molecule has 0 atom stereocenters. The fourth-order valence-corrected chi connectivity index (χ4v) is 2.46. The molecule has 0 bridgehead atoms. The van der Waals surface area contributed by atoms with Gasteiger partial charge in [-0.2, -0.15) is 0 Å². The van der Waals surface area contributed by atoms with Gasteiger partial charge in [-0.25, -0.2) is 0 Å². The van der Waals surface area contributed by atoms with E-state index in [0.717, 1.165) is 25.3 Å². The Hall–Kier alpha value is -1.71. The lowest BCUT2D eigenvalue weighted by Crippen LogP contribution is -2.27. The van der Waals surface area contributed by atoms with Crippen LogP contribution in [0.15, 0.2) is 18.2 Å². The average Bonchev–Trinajstić information content (AvgIpc) is 2.42. The smallest absolute Gasteiger partial charge is 0.305 e. The molecule has 0 saturated carbocycles. The molecule has 1 N–H and O–H groups in total. The van der Waals surface area contributed by atoms with E-state index in [4.69, 9.17) is 5.11 Å². The number of aliphatic carboxylic acids is 1. The third-order valence-electron chi connectivity index (χ3n) is 3.63. The number of benzene rings is 1. The van der Waals surface area contributed by atoms with Gasteiger partial charge in [-0.15, -0.1) is 0 Å². The van der Waals surface area contributed by atoms with E-state index in [-0.39, 0.29) is 6.42 Å². The molecule has 112 valence electrons. The van der Waals surface area contributed by atoms with Gasteiger partial charge in [0.1, 0.15) is 0 Å². The maximum absolute atomic E-state index is 10.7. The van der Waals surface area contributed by atoms with E-state index in [1.807, 2.05) is 0 Å². The Morgan fingerprint density at radius 2 is 1.70 bits per heavy atom. The molecule has 0 aliphatic rings. The molecule has 1 aromatic carbocycles. The van der Waals surface area contributed by atoms with E-state index in [2.05, 4.69) is 55.7 Å². The van der Waals surface area contributed by atoms with Crippen molar-refractivity contribution in [3.8, 4) is 0 Å². The second kappa shape index (κ2) is 7.78. The summed E-state index contributed by atoms with van der Waals surface area (Å²) in [6.45, 7) is 11.8. The molecule has 0 fully saturated rings. The van der Waals surface area contributed by atoms with Gasteiger partial charge in [-0.1, -0.05) is 0 Å². The molecule has 0 aliphatic carbocycles. The summed E-state index contributed by atoms with van der Waals surface area (Å²) in [6, 6.07) is 6.42. The number of rotatable bonds is 8. The molecule has 4 heteroatoms. The van der Waals surface area contributed by atoms with Crippen molar-refractivity contribution in [2.24, 2.45) is 0 Å². The first kappa shape index (κ1) is 16.3. The Kier molecular flexibility index (Phi) is 6.36. The highest BCUT2D eigenvalue weighted by Gasteiger charge is 2.11. The second-order valence-corrected chi connectivity index (χ2v) is 4.87. The fourth-order valence-electron chi connectivity index (χ4n) is 2.46. The highest BCUT2D eigenvalue weighted by molar-refractivity contribution is 5.68. The number of carboxylic acids is 1. The summed E-state index contributed by atoms with van der Waals surface area (Å²) in [5.74, 6) is -0.749. The number of aryl methyl sites for hydroxylation is 1. The van der Waals surface area contributed by atoms with Crippen LogP contribution in [0.2, 0.25) is 0 Å². The summed E-state index contributed by atoms with van der Waals surface area (Å²) in [7, 11) is 0. The van der Waals surface area contributed by atoms with Gasteiger partial charge in [-0.05, 0) is 51.5 Å².